The van der Waals surface area contributed by atoms with Gasteiger partial charge in [0, 0.05) is 33.3 Å². The molecule has 0 spiro atoms. The molecule has 1 aliphatic heterocycles. The zero-order valence-corrected chi connectivity index (χ0v) is 11.2. The van der Waals surface area contributed by atoms with Crippen molar-refractivity contribution in [3.8, 4) is 0 Å². The van der Waals surface area contributed by atoms with Crippen molar-refractivity contribution in [3.05, 3.63) is 0 Å². The SMILES string of the molecule is CCCN1CCN(C(=O)N[C@@H](C)COC)CC1. The van der Waals surface area contributed by atoms with E-state index in [-0.39, 0.29) is 12.1 Å². The lowest BCUT2D eigenvalue weighted by Crippen LogP contribution is -2.53. The van der Waals surface area contributed by atoms with Gasteiger partial charge in [0.15, 0.2) is 0 Å². The maximum absolute atomic E-state index is 11.9. The van der Waals surface area contributed by atoms with Gasteiger partial charge in [0.25, 0.3) is 0 Å². The molecule has 1 rings (SSSR count). The number of rotatable bonds is 5. The molecule has 1 fully saturated rings. The standard InChI is InChI=1S/C12H25N3O2/c1-4-5-14-6-8-15(9-7-14)12(16)13-11(2)10-17-3/h11H,4-10H2,1-3H3,(H,13,16)/t11-/m0/s1. The van der Waals surface area contributed by atoms with Gasteiger partial charge in [-0.2, -0.15) is 0 Å². The van der Waals surface area contributed by atoms with Crippen LogP contribution in [0.5, 0.6) is 0 Å². The summed E-state index contributed by atoms with van der Waals surface area (Å²) in [5.74, 6) is 0. The van der Waals surface area contributed by atoms with Crippen molar-refractivity contribution in [2.75, 3.05) is 46.4 Å². The lowest BCUT2D eigenvalue weighted by Gasteiger charge is -2.35. The molecule has 0 aromatic carbocycles. The second kappa shape index (κ2) is 7.50. The van der Waals surface area contributed by atoms with Crippen LogP contribution < -0.4 is 5.32 Å². The number of hydrogen-bond acceptors (Lipinski definition) is 3. The van der Waals surface area contributed by atoms with E-state index in [0.29, 0.717) is 6.61 Å². The zero-order chi connectivity index (χ0) is 12.7. The summed E-state index contributed by atoms with van der Waals surface area (Å²) in [4.78, 5) is 16.2. The number of amides is 2. The monoisotopic (exact) mass is 243 g/mol. The Balaban J connectivity index is 2.25. The van der Waals surface area contributed by atoms with Gasteiger partial charge in [-0.3, -0.25) is 4.90 Å². The van der Waals surface area contributed by atoms with E-state index in [1.807, 2.05) is 11.8 Å². The van der Waals surface area contributed by atoms with E-state index in [1.54, 1.807) is 7.11 Å². The van der Waals surface area contributed by atoms with Crippen LogP contribution >= 0.6 is 0 Å². The summed E-state index contributed by atoms with van der Waals surface area (Å²) in [5.41, 5.74) is 0. The van der Waals surface area contributed by atoms with Crippen molar-refractivity contribution >= 4 is 6.03 Å². The first-order chi connectivity index (χ1) is 8.17. The highest BCUT2D eigenvalue weighted by molar-refractivity contribution is 5.74. The van der Waals surface area contributed by atoms with E-state index < -0.39 is 0 Å². The minimum absolute atomic E-state index is 0.0331. The second-order valence-corrected chi connectivity index (χ2v) is 4.63. The Labute approximate surface area is 104 Å². The number of urea groups is 1. The molecule has 1 atom stereocenters. The Morgan fingerprint density at radius 2 is 2.00 bits per heavy atom. The average molecular weight is 243 g/mol. The van der Waals surface area contributed by atoms with E-state index in [9.17, 15) is 4.79 Å². The van der Waals surface area contributed by atoms with E-state index in [1.165, 1.54) is 6.42 Å². The summed E-state index contributed by atoms with van der Waals surface area (Å²) >= 11 is 0. The molecule has 0 saturated carbocycles. The van der Waals surface area contributed by atoms with Crippen LogP contribution in [0.3, 0.4) is 0 Å². The highest BCUT2D eigenvalue weighted by Gasteiger charge is 2.21. The summed E-state index contributed by atoms with van der Waals surface area (Å²) in [6.07, 6.45) is 1.18. The van der Waals surface area contributed by atoms with E-state index in [0.717, 1.165) is 32.7 Å². The average Bonchev–Trinajstić information content (AvgIpc) is 2.30. The molecule has 2 amide bonds. The van der Waals surface area contributed by atoms with Crippen LogP contribution in [0.2, 0.25) is 0 Å². The smallest absolute Gasteiger partial charge is 0.317 e. The predicted octanol–water partition coefficient (Wildman–Crippen LogP) is 0.759. The van der Waals surface area contributed by atoms with Gasteiger partial charge in [0.05, 0.1) is 12.6 Å². The minimum atomic E-state index is 0.0331. The zero-order valence-electron chi connectivity index (χ0n) is 11.2. The second-order valence-electron chi connectivity index (χ2n) is 4.63. The van der Waals surface area contributed by atoms with Gasteiger partial charge < -0.3 is 15.0 Å². The molecule has 5 nitrogen and oxygen atoms in total. The number of hydrogen-bond donors (Lipinski definition) is 1. The van der Waals surface area contributed by atoms with Crippen molar-refractivity contribution in [2.45, 2.75) is 26.3 Å². The fraction of sp³-hybridized carbons (Fsp3) is 0.917. The number of piperazine rings is 1. The lowest BCUT2D eigenvalue weighted by atomic mass is 10.3. The molecule has 1 heterocycles. The van der Waals surface area contributed by atoms with Crippen molar-refractivity contribution in [3.63, 3.8) is 0 Å². The van der Waals surface area contributed by atoms with Gasteiger partial charge in [-0.05, 0) is 19.9 Å². The molecular weight excluding hydrogens is 218 g/mol. The van der Waals surface area contributed by atoms with Gasteiger partial charge >= 0.3 is 6.03 Å². The van der Waals surface area contributed by atoms with Crippen LogP contribution in [0.15, 0.2) is 0 Å². The quantitative estimate of drug-likeness (QED) is 0.775. The molecule has 5 heteroatoms. The van der Waals surface area contributed by atoms with Gasteiger partial charge in [-0.1, -0.05) is 6.92 Å². The molecule has 0 aromatic heterocycles. The molecule has 0 unspecified atom stereocenters. The molecular formula is C12H25N3O2. The summed E-state index contributed by atoms with van der Waals surface area (Å²) < 4.78 is 5.00. The maximum atomic E-state index is 11.9. The Bertz CT molecular complexity index is 228. The summed E-state index contributed by atoms with van der Waals surface area (Å²) in [6, 6.07) is 0.104. The normalized spacial score (nSPS) is 19.1. The van der Waals surface area contributed by atoms with Crippen LogP contribution in [0, 0.1) is 0 Å². The van der Waals surface area contributed by atoms with Crippen LogP contribution in [0.4, 0.5) is 4.79 Å². The molecule has 1 aliphatic rings. The third-order valence-corrected chi connectivity index (χ3v) is 2.99. The topological polar surface area (TPSA) is 44.8 Å². The van der Waals surface area contributed by atoms with E-state index in [2.05, 4.69) is 17.1 Å². The molecule has 17 heavy (non-hydrogen) atoms. The number of nitrogens with zero attached hydrogens (tertiary/aromatic N) is 2. The number of ether oxygens (including phenoxy) is 1. The Kier molecular flexibility index (Phi) is 6.29. The number of carbonyl (C=O) groups is 1. The largest absolute Gasteiger partial charge is 0.383 e. The first kappa shape index (κ1) is 14.3. The molecule has 1 N–H and O–H groups in total. The lowest BCUT2D eigenvalue weighted by molar-refractivity contribution is 0.129. The molecule has 0 radical (unpaired) electrons. The molecule has 1 saturated heterocycles. The van der Waals surface area contributed by atoms with Crippen molar-refractivity contribution in [2.24, 2.45) is 0 Å². The van der Waals surface area contributed by atoms with Gasteiger partial charge in [-0.25, -0.2) is 4.79 Å². The van der Waals surface area contributed by atoms with Crippen LogP contribution in [0.25, 0.3) is 0 Å². The number of nitrogens with one attached hydrogen (secondary N) is 1. The van der Waals surface area contributed by atoms with E-state index >= 15 is 0 Å². The first-order valence-corrected chi connectivity index (χ1v) is 6.44. The highest BCUT2D eigenvalue weighted by atomic mass is 16.5. The van der Waals surface area contributed by atoms with Crippen molar-refractivity contribution in [1.82, 2.24) is 15.1 Å². The Morgan fingerprint density at radius 3 is 2.53 bits per heavy atom. The van der Waals surface area contributed by atoms with Gasteiger partial charge in [0.2, 0.25) is 0 Å². The fourth-order valence-corrected chi connectivity index (χ4v) is 2.08. The summed E-state index contributed by atoms with van der Waals surface area (Å²) in [7, 11) is 1.65. The first-order valence-electron chi connectivity index (χ1n) is 6.44. The summed E-state index contributed by atoms with van der Waals surface area (Å²) in [5, 5.41) is 2.94. The molecule has 0 aromatic rings. The van der Waals surface area contributed by atoms with Gasteiger partial charge in [0.1, 0.15) is 0 Å². The Hall–Kier alpha value is -0.810. The highest BCUT2D eigenvalue weighted by Crippen LogP contribution is 2.03. The molecule has 0 bridgehead atoms. The van der Waals surface area contributed by atoms with E-state index in [4.69, 9.17) is 4.74 Å². The van der Waals surface area contributed by atoms with Crippen molar-refractivity contribution < 1.29 is 9.53 Å². The maximum Gasteiger partial charge on any atom is 0.317 e. The van der Waals surface area contributed by atoms with Gasteiger partial charge in [-0.15, -0.1) is 0 Å². The fourth-order valence-electron chi connectivity index (χ4n) is 2.08. The molecule has 0 aliphatic carbocycles. The number of methoxy groups -OCH3 is 1. The predicted molar refractivity (Wildman–Crippen MR) is 68.2 cm³/mol. The minimum Gasteiger partial charge on any atom is -0.383 e. The molecule has 100 valence electrons. The van der Waals surface area contributed by atoms with Crippen LogP contribution in [-0.2, 0) is 4.74 Å². The van der Waals surface area contributed by atoms with Crippen LogP contribution in [0.1, 0.15) is 20.3 Å². The number of carbonyl (C=O) groups excluding carboxylic acids is 1. The third kappa shape index (κ3) is 4.91. The van der Waals surface area contributed by atoms with Crippen molar-refractivity contribution in [1.29, 1.82) is 0 Å². The Morgan fingerprint density at radius 1 is 1.35 bits per heavy atom. The third-order valence-electron chi connectivity index (χ3n) is 2.99. The van der Waals surface area contributed by atoms with Crippen LogP contribution in [-0.4, -0.2) is 68.3 Å². The summed E-state index contributed by atoms with van der Waals surface area (Å²) in [6.45, 7) is 9.45.